The number of methoxy groups -OCH3 is 1. The van der Waals surface area contributed by atoms with Crippen molar-refractivity contribution in [2.45, 2.75) is 6.54 Å². The van der Waals surface area contributed by atoms with Crippen LogP contribution in [0.1, 0.15) is 0 Å². The summed E-state index contributed by atoms with van der Waals surface area (Å²) in [6.07, 6.45) is 6.15. The zero-order valence-electron chi connectivity index (χ0n) is 9.07. The van der Waals surface area contributed by atoms with Gasteiger partial charge in [-0.15, -0.1) is 6.42 Å². The molecule has 0 bridgehead atoms. The molecule has 0 spiro atoms. The van der Waals surface area contributed by atoms with Gasteiger partial charge >= 0.3 is 0 Å². The van der Waals surface area contributed by atoms with Crippen molar-refractivity contribution in [1.82, 2.24) is 14.9 Å². The molecule has 17 heavy (non-hydrogen) atoms. The van der Waals surface area contributed by atoms with Crippen LogP contribution in [-0.2, 0) is 11.3 Å². The van der Waals surface area contributed by atoms with Crippen molar-refractivity contribution in [2.24, 2.45) is 0 Å². The molecule has 0 aliphatic heterocycles. The molecule has 90 valence electrons. The minimum Gasteiger partial charge on any atom is -0.489 e. The number of ether oxygens (including phenoxy) is 1. The first-order valence-electron chi connectivity index (χ1n) is 4.59. The van der Waals surface area contributed by atoms with Crippen molar-refractivity contribution >= 4 is 17.5 Å². The van der Waals surface area contributed by atoms with Crippen LogP contribution in [0.3, 0.4) is 0 Å². The molecule has 0 fully saturated rings. The summed E-state index contributed by atoms with van der Waals surface area (Å²) >= 11 is 5.65. The van der Waals surface area contributed by atoms with E-state index in [0.717, 1.165) is 4.57 Å². The average Bonchev–Trinajstić information content (AvgIpc) is 2.31. The first-order chi connectivity index (χ1) is 8.10. The second kappa shape index (κ2) is 5.92. The van der Waals surface area contributed by atoms with Gasteiger partial charge in [0, 0.05) is 0 Å². The number of carbonyl (C=O) groups is 1. The Hall–Kier alpha value is -2.00. The van der Waals surface area contributed by atoms with Crippen LogP contribution in [0.25, 0.3) is 0 Å². The van der Waals surface area contributed by atoms with E-state index < -0.39 is 11.5 Å². The zero-order valence-corrected chi connectivity index (χ0v) is 9.82. The fourth-order valence-electron chi connectivity index (χ4n) is 1.09. The van der Waals surface area contributed by atoms with Crippen LogP contribution in [-0.4, -0.2) is 29.1 Å². The number of aromatic nitrogens is 2. The van der Waals surface area contributed by atoms with E-state index in [2.05, 4.69) is 16.2 Å². The number of hydrogen-bond acceptors (Lipinski definition) is 4. The summed E-state index contributed by atoms with van der Waals surface area (Å²) in [6.45, 7) is -0.0905. The van der Waals surface area contributed by atoms with Crippen molar-refractivity contribution in [3.8, 4) is 18.1 Å². The molecule has 1 rings (SSSR count). The second-order valence-corrected chi connectivity index (χ2v) is 3.34. The molecule has 0 saturated carbocycles. The van der Waals surface area contributed by atoms with Crippen molar-refractivity contribution in [2.75, 3.05) is 13.7 Å². The Balaban J connectivity index is 2.90. The minimum absolute atomic E-state index is 0.0437. The predicted octanol–water partition coefficient (Wildman–Crippen LogP) is -0.345. The van der Waals surface area contributed by atoms with Crippen molar-refractivity contribution in [1.29, 1.82) is 0 Å². The van der Waals surface area contributed by atoms with Gasteiger partial charge in [-0.1, -0.05) is 17.5 Å². The lowest BCUT2D eigenvalue weighted by Crippen LogP contribution is -2.33. The molecule has 1 N–H and O–H groups in total. The topological polar surface area (TPSA) is 73.2 Å². The lowest BCUT2D eigenvalue weighted by atomic mass is 10.5. The Labute approximate surface area is 103 Å². The Morgan fingerprint density at radius 3 is 3.06 bits per heavy atom. The van der Waals surface area contributed by atoms with Crippen LogP contribution in [0.4, 0.5) is 0 Å². The molecule has 0 atom stereocenters. The number of amides is 1. The van der Waals surface area contributed by atoms with Gasteiger partial charge < -0.3 is 10.1 Å². The third-order valence-electron chi connectivity index (χ3n) is 1.86. The van der Waals surface area contributed by atoms with Gasteiger partial charge in [0.25, 0.3) is 5.56 Å². The molecule has 1 aromatic rings. The molecule has 7 heteroatoms. The van der Waals surface area contributed by atoms with Gasteiger partial charge in [-0.25, -0.2) is 4.98 Å². The smallest absolute Gasteiger partial charge is 0.297 e. The molecule has 1 aromatic heterocycles. The molecule has 0 radical (unpaired) electrons. The first-order valence-corrected chi connectivity index (χ1v) is 4.97. The van der Waals surface area contributed by atoms with Crippen LogP contribution in [0.15, 0.2) is 11.1 Å². The number of terminal acetylenes is 1. The van der Waals surface area contributed by atoms with Gasteiger partial charge in [-0.2, -0.15) is 0 Å². The molecule has 6 nitrogen and oxygen atoms in total. The second-order valence-electron chi connectivity index (χ2n) is 2.98. The number of rotatable bonds is 4. The lowest BCUT2D eigenvalue weighted by Gasteiger charge is -2.07. The number of halogens is 1. The molecule has 0 aromatic carbocycles. The van der Waals surface area contributed by atoms with E-state index >= 15 is 0 Å². The Morgan fingerprint density at radius 1 is 1.76 bits per heavy atom. The normalized spacial score (nSPS) is 9.47. The monoisotopic (exact) mass is 255 g/mol. The Bertz CT molecular complexity index is 519. The largest absolute Gasteiger partial charge is 0.489 e. The molecular formula is C10H10ClN3O3. The molecular weight excluding hydrogens is 246 g/mol. The van der Waals surface area contributed by atoms with Crippen molar-refractivity contribution in [3.05, 3.63) is 21.8 Å². The maximum absolute atomic E-state index is 11.7. The average molecular weight is 256 g/mol. The van der Waals surface area contributed by atoms with Crippen LogP contribution < -0.4 is 15.6 Å². The third-order valence-corrected chi connectivity index (χ3v) is 2.13. The van der Waals surface area contributed by atoms with E-state index in [-0.39, 0.29) is 24.0 Å². The fraction of sp³-hybridized carbons (Fsp3) is 0.300. The SMILES string of the molecule is C#CCNC(=O)Cn1cnc(Cl)c(OC)c1=O. The van der Waals surface area contributed by atoms with E-state index in [1.54, 1.807) is 0 Å². The maximum atomic E-state index is 11.7. The van der Waals surface area contributed by atoms with E-state index in [4.69, 9.17) is 22.8 Å². The third kappa shape index (κ3) is 3.23. The summed E-state index contributed by atoms with van der Waals surface area (Å²) in [5.41, 5.74) is -0.525. The Kier molecular flexibility index (Phi) is 4.55. The van der Waals surface area contributed by atoms with Crippen LogP contribution >= 0.6 is 11.6 Å². The van der Waals surface area contributed by atoms with E-state index in [1.165, 1.54) is 13.4 Å². The summed E-state index contributed by atoms with van der Waals surface area (Å²) in [6, 6.07) is 0. The highest BCUT2D eigenvalue weighted by molar-refractivity contribution is 6.30. The van der Waals surface area contributed by atoms with Crippen molar-refractivity contribution < 1.29 is 9.53 Å². The van der Waals surface area contributed by atoms with E-state index in [1.807, 2.05) is 0 Å². The van der Waals surface area contributed by atoms with Gasteiger partial charge in [0.2, 0.25) is 11.7 Å². The van der Waals surface area contributed by atoms with Crippen LogP contribution in [0.2, 0.25) is 5.15 Å². The number of hydrogen-bond donors (Lipinski definition) is 1. The summed E-state index contributed by atoms with van der Waals surface area (Å²) in [5.74, 6) is 1.76. The van der Waals surface area contributed by atoms with Gasteiger partial charge in [-0.05, 0) is 0 Å². The molecule has 0 aliphatic rings. The highest BCUT2D eigenvalue weighted by atomic mass is 35.5. The van der Waals surface area contributed by atoms with Gasteiger partial charge in [0.15, 0.2) is 5.15 Å². The van der Waals surface area contributed by atoms with Gasteiger partial charge in [0.05, 0.1) is 20.0 Å². The highest BCUT2D eigenvalue weighted by Gasteiger charge is 2.12. The molecule has 0 aliphatic carbocycles. The highest BCUT2D eigenvalue weighted by Crippen LogP contribution is 2.14. The first kappa shape index (κ1) is 13.1. The molecule has 1 heterocycles. The summed E-state index contributed by atoms with van der Waals surface area (Å²) < 4.78 is 5.87. The van der Waals surface area contributed by atoms with Crippen molar-refractivity contribution in [3.63, 3.8) is 0 Å². The summed E-state index contributed by atoms with van der Waals surface area (Å²) in [4.78, 5) is 26.8. The molecule has 0 unspecified atom stereocenters. The zero-order chi connectivity index (χ0) is 12.8. The van der Waals surface area contributed by atoms with Crippen LogP contribution in [0, 0.1) is 12.3 Å². The minimum atomic E-state index is -0.525. The van der Waals surface area contributed by atoms with Gasteiger partial charge in [0.1, 0.15) is 6.54 Å². The number of nitrogens with one attached hydrogen (secondary N) is 1. The quantitative estimate of drug-likeness (QED) is 0.590. The molecule has 1 amide bonds. The van der Waals surface area contributed by atoms with Gasteiger partial charge in [-0.3, -0.25) is 14.2 Å². The maximum Gasteiger partial charge on any atom is 0.297 e. The Morgan fingerprint density at radius 2 is 2.47 bits per heavy atom. The van der Waals surface area contributed by atoms with Crippen LogP contribution in [0.5, 0.6) is 5.75 Å². The summed E-state index contributed by atoms with van der Waals surface area (Å²) in [7, 11) is 1.30. The van der Waals surface area contributed by atoms with E-state index in [0.29, 0.717) is 0 Å². The molecule has 0 saturated heterocycles. The number of carbonyl (C=O) groups excluding carboxylic acids is 1. The number of nitrogens with zero attached hydrogens (tertiary/aromatic N) is 2. The summed E-state index contributed by atoms with van der Waals surface area (Å²) in [5, 5.41) is 2.38. The van der Waals surface area contributed by atoms with E-state index in [9.17, 15) is 9.59 Å². The lowest BCUT2D eigenvalue weighted by molar-refractivity contribution is -0.121. The fourth-order valence-corrected chi connectivity index (χ4v) is 1.30. The standard InChI is InChI=1S/C10H10ClN3O3/c1-3-4-12-7(15)5-14-6-13-9(11)8(17-2)10(14)16/h1,6H,4-5H2,2H3,(H,12,15). The predicted molar refractivity (Wildman–Crippen MR) is 61.9 cm³/mol.